The number of methoxy groups -OCH3 is 1. The number of carbonyl (C=O) groups excluding carboxylic acids is 1. The SMILES string of the molecule is COCC(O)CN(C)C(=O)NCc1nc(C)c(C(=O)O)s1. The number of carboxylic acid groups (broad SMARTS) is 1. The van der Waals surface area contributed by atoms with Crippen LogP contribution in [0.1, 0.15) is 20.4 Å². The number of ether oxygens (including phenoxy) is 1. The van der Waals surface area contributed by atoms with Gasteiger partial charge in [-0.15, -0.1) is 11.3 Å². The Balaban J connectivity index is 2.49. The maximum absolute atomic E-state index is 11.8. The van der Waals surface area contributed by atoms with Gasteiger partial charge in [0.2, 0.25) is 0 Å². The molecule has 1 rings (SSSR count). The predicted molar refractivity (Wildman–Crippen MR) is 76.6 cm³/mol. The molecule has 1 aromatic rings. The summed E-state index contributed by atoms with van der Waals surface area (Å²) in [5.74, 6) is -1.03. The van der Waals surface area contributed by atoms with Crippen LogP contribution >= 0.6 is 11.3 Å². The number of aliphatic hydroxyl groups is 1. The van der Waals surface area contributed by atoms with E-state index < -0.39 is 12.1 Å². The fraction of sp³-hybridized carbons (Fsp3) is 0.583. The maximum Gasteiger partial charge on any atom is 0.347 e. The number of urea groups is 1. The number of carbonyl (C=O) groups is 2. The highest BCUT2D eigenvalue weighted by Crippen LogP contribution is 2.17. The van der Waals surface area contributed by atoms with Gasteiger partial charge in [0.1, 0.15) is 9.88 Å². The van der Waals surface area contributed by atoms with E-state index in [4.69, 9.17) is 9.84 Å². The minimum atomic E-state index is -1.03. The topological polar surface area (TPSA) is 112 Å². The molecular weight excluding hydrogens is 298 g/mol. The third kappa shape index (κ3) is 5.29. The number of thiazole rings is 1. The predicted octanol–water partition coefficient (Wildman–Crippen LogP) is 0.298. The van der Waals surface area contributed by atoms with Crippen molar-refractivity contribution in [1.82, 2.24) is 15.2 Å². The van der Waals surface area contributed by atoms with Crippen molar-refractivity contribution in [3.05, 3.63) is 15.6 Å². The van der Waals surface area contributed by atoms with Gasteiger partial charge in [-0.1, -0.05) is 0 Å². The average Bonchev–Trinajstić information content (AvgIpc) is 2.77. The quantitative estimate of drug-likeness (QED) is 0.667. The molecule has 1 heterocycles. The second-order valence-electron chi connectivity index (χ2n) is 4.48. The van der Waals surface area contributed by atoms with Gasteiger partial charge in [0, 0.05) is 14.2 Å². The molecule has 0 saturated heterocycles. The summed E-state index contributed by atoms with van der Waals surface area (Å²) in [5, 5.41) is 21.6. The molecule has 8 nitrogen and oxygen atoms in total. The number of aryl methyl sites for hydroxylation is 1. The Hall–Kier alpha value is -1.71. The van der Waals surface area contributed by atoms with Crippen LogP contribution in [0.5, 0.6) is 0 Å². The fourth-order valence-electron chi connectivity index (χ4n) is 1.66. The molecule has 0 radical (unpaired) electrons. The summed E-state index contributed by atoms with van der Waals surface area (Å²) in [6.45, 7) is 2.03. The van der Waals surface area contributed by atoms with Crippen molar-refractivity contribution < 1.29 is 24.5 Å². The Labute approximate surface area is 126 Å². The second kappa shape index (κ2) is 7.91. The highest BCUT2D eigenvalue weighted by atomic mass is 32.1. The zero-order valence-electron chi connectivity index (χ0n) is 12.1. The first-order valence-electron chi connectivity index (χ1n) is 6.20. The summed E-state index contributed by atoms with van der Waals surface area (Å²) in [6.07, 6.45) is -0.758. The van der Waals surface area contributed by atoms with Crippen LogP contribution in [0, 0.1) is 6.92 Å². The van der Waals surface area contributed by atoms with Crippen LogP contribution in [0.2, 0.25) is 0 Å². The van der Waals surface area contributed by atoms with Crippen molar-refractivity contribution in [2.75, 3.05) is 27.3 Å². The standard InChI is InChI=1S/C12H19N3O5S/c1-7-10(11(17)18)21-9(14-7)4-13-12(19)15(2)5-8(16)6-20-3/h8,16H,4-6H2,1-3H3,(H,13,19)(H,17,18). The lowest BCUT2D eigenvalue weighted by Gasteiger charge is -2.20. The summed E-state index contributed by atoms with van der Waals surface area (Å²) >= 11 is 1.03. The Morgan fingerprint density at radius 1 is 1.52 bits per heavy atom. The Kier molecular flexibility index (Phi) is 6.53. The molecule has 0 aliphatic heterocycles. The Bertz CT molecular complexity index is 505. The van der Waals surface area contributed by atoms with Crippen LogP contribution in [-0.2, 0) is 11.3 Å². The number of nitrogens with one attached hydrogen (secondary N) is 1. The first-order chi connectivity index (χ1) is 9.85. The largest absolute Gasteiger partial charge is 0.477 e. The Morgan fingerprint density at radius 2 is 2.19 bits per heavy atom. The van der Waals surface area contributed by atoms with E-state index in [1.54, 1.807) is 14.0 Å². The minimum absolute atomic E-state index is 0.136. The molecule has 3 N–H and O–H groups in total. The molecule has 0 aliphatic rings. The first kappa shape index (κ1) is 17.3. The van der Waals surface area contributed by atoms with Crippen LogP contribution in [0.3, 0.4) is 0 Å². The molecule has 0 aliphatic carbocycles. The second-order valence-corrected chi connectivity index (χ2v) is 5.56. The van der Waals surface area contributed by atoms with Gasteiger partial charge >= 0.3 is 12.0 Å². The van der Waals surface area contributed by atoms with Crippen LogP contribution in [0.4, 0.5) is 4.79 Å². The number of aliphatic hydroxyl groups excluding tert-OH is 1. The van der Waals surface area contributed by atoms with Gasteiger partial charge in [0.05, 0.1) is 31.5 Å². The number of nitrogens with zero attached hydrogens (tertiary/aromatic N) is 2. The number of rotatable bonds is 7. The van der Waals surface area contributed by atoms with Gasteiger partial charge in [0.15, 0.2) is 0 Å². The number of likely N-dealkylation sites (N-methyl/N-ethyl adjacent to an activating group) is 1. The van der Waals surface area contributed by atoms with Crippen molar-refractivity contribution in [1.29, 1.82) is 0 Å². The molecule has 0 fully saturated rings. The van der Waals surface area contributed by atoms with E-state index in [0.29, 0.717) is 10.7 Å². The Morgan fingerprint density at radius 3 is 2.71 bits per heavy atom. The summed E-state index contributed by atoms with van der Waals surface area (Å²) in [7, 11) is 3.01. The number of hydrogen-bond acceptors (Lipinski definition) is 6. The maximum atomic E-state index is 11.8. The van der Waals surface area contributed by atoms with Crippen molar-refractivity contribution >= 4 is 23.3 Å². The van der Waals surface area contributed by atoms with E-state index in [-0.39, 0.29) is 30.6 Å². The zero-order valence-corrected chi connectivity index (χ0v) is 12.9. The molecule has 0 aromatic carbocycles. The van der Waals surface area contributed by atoms with E-state index in [0.717, 1.165) is 11.3 Å². The lowest BCUT2D eigenvalue weighted by molar-refractivity contribution is 0.0489. The van der Waals surface area contributed by atoms with Crippen molar-refractivity contribution in [2.45, 2.75) is 19.6 Å². The first-order valence-corrected chi connectivity index (χ1v) is 7.02. The van der Waals surface area contributed by atoms with E-state index in [2.05, 4.69) is 10.3 Å². The molecule has 1 unspecified atom stereocenters. The minimum Gasteiger partial charge on any atom is -0.477 e. The molecule has 1 atom stereocenters. The number of aromatic nitrogens is 1. The average molecular weight is 317 g/mol. The zero-order chi connectivity index (χ0) is 16.0. The lowest BCUT2D eigenvalue weighted by Crippen LogP contribution is -2.42. The van der Waals surface area contributed by atoms with Crippen molar-refractivity contribution in [3.8, 4) is 0 Å². The van der Waals surface area contributed by atoms with Gasteiger partial charge in [0.25, 0.3) is 0 Å². The smallest absolute Gasteiger partial charge is 0.347 e. The monoisotopic (exact) mass is 317 g/mol. The number of carboxylic acids is 1. The third-order valence-electron chi connectivity index (χ3n) is 2.62. The van der Waals surface area contributed by atoms with Crippen LogP contribution in [0.15, 0.2) is 0 Å². The highest BCUT2D eigenvalue weighted by molar-refractivity contribution is 7.13. The van der Waals surface area contributed by atoms with Crippen molar-refractivity contribution in [2.24, 2.45) is 0 Å². The number of aromatic carboxylic acids is 1. The molecular formula is C12H19N3O5S. The summed E-state index contributed by atoms with van der Waals surface area (Å²) in [4.78, 5) is 28.3. The molecule has 1 aromatic heterocycles. The van der Waals surface area contributed by atoms with Crippen molar-refractivity contribution in [3.63, 3.8) is 0 Å². The van der Waals surface area contributed by atoms with E-state index in [1.165, 1.54) is 12.0 Å². The number of amides is 2. The molecule has 2 amide bonds. The molecule has 0 bridgehead atoms. The number of hydrogen-bond donors (Lipinski definition) is 3. The summed E-state index contributed by atoms with van der Waals surface area (Å²) in [5.41, 5.74) is 0.431. The van der Waals surface area contributed by atoms with Crippen LogP contribution in [-0.4, -0.2) is 65.5 Å². The molecule has 21 heavy (non-hydrogen) atoms. The van der Waals surface area contributed by atoms with E-state index in [9.17, 15) is 14.7 Å². The van der Waals surface area contributed by atoms with Gasteiger partial charge in [-0.25, -0.2) is 14.6 Å². The molecule has 0 saturated carbocycles. The van der Waals surface area contributed by atoms with E-state index in [1.807, 2.05) is 0 Å². The normalized spacial score (nSPS) is 12.0. The van der Waals surface area contributed by atoms with Crippen LogP contribution < -0.4 is 5.32 Å². The lowest BCUT2D eigenvalue weighted by atomic mass is 10.3. The molecule has 0 spiro atoms. The summed E-state index contributed by atoms with van der Waals surface area (Å²) in [6, 6.07) is -0.380. The summed E-state index contributed by atoms with van der Waals surface area (Å²) < 4.78 is 4.78. The fourth-order valence-corrected chi connectivity index (χ4v) is 2.50. The van der Waals surface area contributed by atoms with Gasteiger partial charge in [-0.3, -0.25) is 0 Å². The highest BCUT2D eigenvalue weighted by Gasteiger charge is 2.16. The molecule has 118 valence electrons. The van der Waals surface area contributed by atoms with Gasteiger partial charge < -0.3 is 25.2 Å². The third-order valence-corrected chi connectivity index (χ3v) is 3.76. The van der Waals surface area contributed by atoms with Gasteiger partial charge in [-0.05, 0) is 6.92 Å². The van der Waals surface area contributed by atoms with Gasteiger partial charge in [-0.2, -0.15) is 0 Å². The molecule has 9 heteroatoms. The van der Waals surface area contributed by atoms with E-state index >= 15 is 0 Å². The van der Waals surface area contributed by atoms with Crippen LogP contribution in [0.25, 0.3) is 0 Å².